The molecule has 6 heteroatoms. The van der Waals surface area contributed by atoms with E-state index in [1.54, 1.807) is 12.1 Å². The Morgan fingerprint density at radius 3 is 2.53 bits per heavy atom. The number of benzene rings is 1. The molecule has 1 heterocycles. The molecule has 0 spiro atoms. The van der Waals surface area contributed by atoms with Crippen LogP contribution in [-0.2, 0) is 0 Å². The molecule has 2 aromatic rings. The average Bonchev–Trinajstić information content (AvgIpc) is 2.67. The van der Waals surface area contributed by atoms with Crippen LogP contribution in [0.1, 0.15) is 0 Å². The van der Waals surface area contributed by atoms with E-state index >= 15 is 0 Å². The lowest BCUT2D eigenvalue weighted by Gasteiger charge is -1.96. The van der Waals surface area contributed by atoms with Gasteiger partial charge in [0.15, 0.2) is 0 Å². The van der Waals surface area contributed by atoms with Crippen molar-refractivity contribution in [2.75, 3.05) is 0 Å². The highest BCUT2D eigenvalue weighted by Gasteiger charge is 2.15. The highest BCUT2D eigenvalue weighted by molar-refractivity contribution is 5.85. The minimum absolute atomic E-state index is 0. The summed E-state index contributed by atoms with van der Waals surface area (Å²) in [5.74, 6) is -0.0730. The molecular weight excluding hydrogens is 218 g/mol. The third kappa shape index (κ3) is 2.13. The lowest BCUT2D eigenvalue weighted by Crippen LogP contribution is -1.90. The second kappa shape index (κ2) is 4.56. The summed E-state index contributed by atoms with van der Waals surface area (Å²) in [4.78, 5) is 10.1. The van der Waals surface area contributed by atoms with E-state index in [2.05, 4.69) is 10.2 Å². The number of nitrogens with zero attached hydrogens (tertiary/aromatic N) is 2. The molecule has 1 aromatic heterocycles. The van der Waals surface area contributed by atoms with E-state index in [1.807, 2.05) is 18.2 Å². The Kier molecular flexibility index (Phi) is 3.41. The normalized spacial score (nSPS) is 9.33. The van der Waals surface area contributed by atoms with E-state index in [0.717, 1.165) is 5.56 Å². The summed E-state index contributed by atoms with van der Waals surface area (Å²) in [7, 11) is 0. The van der Waals surface area contributed by atoms with Crippen LogP contribution in [0.4, 0.5) is 5.82 Å². The summed E-state index contributed by atoms with van der Waals surface area (Å²) in [6, 6.07) is 9.11. The summed E-state index contributed by atoms with van der Waals surface area (Å²) < 4.78 is 0. The number of rotatable bonds is 2. The van der Waals surface area contributed by atoms with E-state index in [0.29, 0.717) is 5.56 Å². The number of aromatic amines is 1. The molecule has 0 aliphatic rings. The van der Waals surface area contributed by atoms with Gasteiger partial charge in [0.1, 0.15) is 0 Å². The maximum absolute atomic E-state index is 10.6. The first-order valence-corrected chi connectivity index (χ1v) is 4.02. The number of hydrogen-bond acceptors (Lipinski definition) is 3. The minimum atomic E-state index is -0.477. The number of nitrogens with one attached hydrogen (secondary N) is 1. The first kappa shape index (κ1) is 11.2. The van der Waals surface area contributed by atoms with Crippen LogP contribution < -0.4 is 0 Å². The fourth-order valence-electron chi connectivity index (χ4n) is 1.25. The Labute approximate surface area is 91.7 Å². The van der Waals surface area contributed by atoms with Gasteiger partial charge in [0.25, 0.3) is 0 Å². The third-order valence-electron chi connectivity index (χ3n) is 1.89. The lowest BCUT2D eigenvalue weighted by molar-refractivity contribution is -0.388. The molecule has 0 aliphatic heterocycles. The quantitative estimate of drug-likeness (QED) is 0.630. The van der Waals surface area contributed by atoms with Crippen molar-refractivity contribution in [2.45, 2.75) is 0 Å². The molecule has 0 fully saturated rings. The molecule has 78 valence electrons. The predicted molar refractivity (Wildman–Crippen MR) is 57.9 cm³/mol. The van der Waals surface area contributed by atoms with Crippen LogP contribution in [0.15, 0.2) is 36.5 Å². The van der Waals surface area contributed by atoms with Crippen LogP contribution in [0.3, 0.4) is 0 Å². The molecule has 0 aliphatic carbocycles. The van der Waals surface area contributed by atoms with Crippen LogP contribution in [0.2, 0.25) is 0 Å². The van der Waals surface area contributed by atoms with Gasteiger partial charge in [-0.3, -0.25) is 0 Å². The molecule has 15 heavy (non-hydrogen) atoms. The standard InChI is InChI=1S/C9H7N3O2.ClH/c13-12(14)9-8(6-10-11-9)7-4-2-1-3-5-7;/h1-6H,(H,10,11);1H. The van der Waals surface area contributed by atoms with Gasteiger partial charge in [0.2, 0.25) is 0 Å². The van der Waals surface area contributed by atoms with Gasteiger partial charge in [-0.1, -0.05) is 35.4 Å². The van der Waals surface area contributed by atoms with E-state index in [4.69, 9.17) is 0 Å². The predicted octanol–water partition coefficient (Wildman–Crippen LogP) is 2.41. The SMILES string of the molecule is Cl.O=[N+]([O-])c1[nH]ncc1-c1ccccc1. The fraction of sp³-hybridized carbons (Fsp3) is 0. The molecule has 2 rings (SSSR count). The second-order valence-corrected chi connectivity index (χ2v) is 2.76. The van der Waals surface area contributed by atoms with Crippen molar-refractivity contribution in [2.24, 2.45) is 0 Å². The lowest BCUT2D eigenvalue weighted by atomic mass is 10.1. The zero-order chi connectivity index (χ0) is 9.97. The molecule has 1 aromatic carbocycles. The van der Waals surface area contributed by atoms with Crippen molar-refractivity contribution in [1.29, 1.82) is 0 Å². The molecule has 0 unspecified atom stereocenters. The number of aromatic nitrogens is 2. The van der Waals surface area contributed by atoms with Gasteiger partial charge in [-0.05, 0) is 10.5 Å². The van der Waals surface area contributed by atoms with Crippen LogP contribution in [-0.4, -0.2) is 15.1 Å². The van der Waals surface area contributed by atoms with Crippen LogP contribution >= 0.6 is 12.4 Å². The number of halogens is 1. The second-order valence-electron chi connectivity index (χ2n) is 2.76. The average molecular weight is 226 g/mol. The first-order valence-electron chi connectivity index (χ1n) is 4.02. The van der Waals surface area contributed by atoms with E-state index in [-0.39, 0.29) is 18.2 Å². The molecule has 0 radical (unpaired) electrons. The topological polar surface area (TPSA) is 71.8 Å². The molecule has 5 nitrogen and oxygen atoms in total. The summed E-state index contributed by atoms with van der Waals surface area (Å²) in [5.41, 5.74) is 1.29. The van der Waals surface area contributed by atoms with E-state index < -0.39 is 4.92 Å². The van der Waals surface area contributed by atoms with Gasteiger partial charge in [-0.2, -0.15) is 0 Å². The first-order chi connectivity index (χ1) is 6.79. The van der Waals surface area contributed by atoms with Crippen molar-refractivity contribution in [3.05, 3.63) is 46.6 Å². The van der Waals surface area contributed by atoms with Gasteiger partial charge in [-0.15, -0.1) is 17.5 Å². The van der Waals surface area contributed by atoms with Crippen LogP contribution in [0, 0.1) is 10.1 Å². The van der Waals surface area contributed by atoms with Gasteiger partial charge < -0.3 is 10.1 Å². The summed E-state index contributed by atoms with van der Waals surface area (Å²) in [6.07, 6.45) is 1.45. The van der Waals surface area contributed by atoms with Crippen molar-refractivity contribution in [1.82, 2.24) is 10.2 Å². The molecule has 0 bridgehead atoms. The van der Waals surface area contributed by atoms with Crippen molar-refractivity contribution >= 4 is 18.2 Å². The Morgan fingerprint density at radius 2 is 1.93 bits per heavy atom. The molecule has 0 saturated carbocycles. The summed E-state index contributed by atoms with van der Waals surface area (Å²) in [6.45, 7) is 0. The van der Waals surface area contributed by atoms with Gasteiger partial charge in [-0.25, -0.2) is 0 Å². The third-order valence-corrected chi connectivity index (χ3v) is 1.89. The van der Waals surface area contributed by atoms with Gasteiger partial charge in [0, 0.05) is 0 Å². The van der Waals surface area contributed by atoms with Crippen molar-refractivity contribution in [3.63, 3.8) is 0 Å². The molecular formula is C9H8ClN3O2. The van der Waals surface area contributed by atoms with Gasteiger partial charge >= 0.3 is 5.82 Å². The maximum Gasteiger partial charge on any atom is 0.350 e. The van der Waals surface area contributed by atoms with Gasteiger partial charge in [0.05, 0.1) is 11.8 Å². The fourth-order valence-corrected chi connectivity index (χ4v) is 1.25. The Morgan fingerprint density at radius 1 is 1.27 bits per heavy atom. The minimum Gasteiger partial charge on any atom is -0.358 e. The van der Waals surface area contributed by atoms with Crippen molar-refractivity contribution < 1.29 is 4.92 Å². The largest absolute Gasteiger partial charge is 0.358 e. The zero-order valence-corrected chi connectivity index (χ0v) is 8.40. The smallest absolute Gasteiger partial charge is 0.350 e. The molecule has 1 N–H and O–H groups in total. The number of H-pyrrole nitrogens is 1. The number of hydrogen-bond donors (Lipinski definition) is 1. The maximum atomic E-state index is 10.6. The highest BCUT2D eigenvalue weighted by Crippen LogP contribution is 2.26. The molecule has 0 amide bonds. The van der Waals surface area contributed by atoms with E-state index in [9.17, 15) is 10.1 Å². The Hall–Kier alpha value is -1.88. The number of nitro groups is 1. The Balaban J connectivity index is 0.00000112. The Bertz CT molecular complexity index is 455. The summed E-state index contributed by atoms with van der Waals surface area (Å²) >= 11 is 0. The van der Waals surface area contributed by atoms with Crippen LogP contribution in [0.25, 0.3) is 11.1 Å². The zero-order valence-electron chi connectivity index (χ0n) is 7.58. The monoisotopic (exact) mass is 225 g/mol. The molecule has 0 saturated heterocycles. The van der Waals surface area contributed by atoms with Crippen molar-refractivity contribution in [3.8, 4) is 11.1 Å². The summed E-state index contributed by atoms with van der Waals surface area (Å²) in [5, 5.41) is 16.6. The van der Waals surface area contributed by atoms with Crippen LogP contribution in [0.5, 0.6) is 0 Å². The molecule has 0 atom stereocenters. The highest BCUT2D eigenvalue weighted by atomic mass is 35.5. The van der Waals surface area contributed by atoms with E-state index in [1.165, 1.54) is 6.20 Å².